The van der Waals surface area contributed by atoms with Gasteiger partial charge in [0.2, 0.25) is 5.91 Å². The van der Waals surface area contributed by atoms with Crippen molar-refractivity contribution in [1.82, 2.24) is 15.1 Å². The van der Waals surface area contributed by atoms with E-state index in [9.17, 15) is 19.5 Å². The second-order valence-electron chi connectivity index (χ2n) is 4.58. The molecule has 2 amide bonds. The van der Waals surface area contributed by atoms with Crippen LogP contribution in [-0.4, -0.2) is 32.7 Å². The molecule has 1 aromatic heterocycles. The summed E-state index contributed by atoms with van der Waals surface area (Å²) in [6.45, 7) is 0. The van der Waals surface area contributed by atoms with Gasteiger partial charge in [-0.05, 0) is 12.5 Å². The number of aromatic nitrogens is 2. The van der Waals surface area contributed by atoms with Gasteiger partial charge in [0.1, 0.15) is 6.04 Å². The van der Waals surface area contributed by atoms with Crippen molar-refractivity contribution in [3.63, 3.8) is 0 Å². The van der Waals surface area contributed by atoms with Crippen LogP contribution in [0.2, 0.25) is 0 Å². The Kier molecular flexibility index (Phi) is 2.74. The standard InChI is InChI=1S/C13H11N3O4/c17-10-6-5-9(12(18)14-10)16-8-4-2-1-3-7(8)11(15-16)13(19)20/h1-4,9H,5-6H2,(H,19,20)(H,14,17,18). The number of hydrogen-bond donors (Lipinski definition) is 2. The number of nitrogens with one attached hydrogen (secondary N) is 1. The van der Waals surface area contributed by atoms with Crippen molar-refractivity contribution < 1.29 is 19.5 Å². The van der Waals surface area contributed by atoms with Gasteiger partial charge >= 0.3 is 5.97 Å². The molecule has 0 radical (unpaired) electrons. The maximum atomic E-state index is 11.9. The molecule has 1 fully saturated rings. The van der Waals surface area contributed by atoms with E-state index in [4.69, 9.17) is 0 Å². The Labute approximate surface area is 113 Å². The van der Waals surface area contributed by atoms with Crippen molar-refractivity contribution >= 4 is 28.7 Å². The molecular weight excluding hydrogens is 262 g/mol. The van der Waals surface area contributed by atoms with E-state index in [1.807, 2.05) is 0 Å². The predicted octanol–water partition coefficient (Wildman–Crippen LogP) is 0.712. The Balaban J connectivity index is 2.14. The molecule has 1 unspecified atom stereocenters. The SMILES string of the molecule is O=C1CCC(n2nc(C(=O)O)c3ccccc32)C(=O)N1. The number of carbonyl (C=O) groups excluding carboxylic acids is 2. The lowest BCUT2D eigenvalue weighted by Gasteiger charge is -2.21. The number of imide groups is 1. The molecule has 2 aromatic rings. The lowest BCUT2D eigenvalue weighted by atomic mass is 10.1. The zero-order chi connectivity index (χ0) is 14.3. The molecule has 1 aliphatic heterocycles. The minimum Gasteiger partial charge on any atom is -0.476 e. The molecule has 2 heterocycles. The number of piperidine rings is 1. The molecule has 0 aliphatic carbocycles. The first-order chi connectivity index (χ1) is 9.58. The lowest BCUT2D eigenvalue weighted by molar-refractivity contribution is -0.135. The molecule has 2 N–H and O–H groups in total. The van der Waals surface area contributed by atoms with E-state index in [1.54, 1.807) is 24.3 Å². The molecule has 1 aromatic carbocycles. The van der Waals surface area contributed by atoms with Crippen LogP contribution >= 0.6 is 0 Å². The van der Waals surface area contributed by atoms with Crippen LogP contribution in [-0.2, 0) is 9.59 Å². The van der Waals surface area contributed by atoms with Crippen LogP contribution in [0.15, 0.2) is 24.3 Å². The zero-order valence-electron chi connectivity index (χ0n) is 10.4. The zero-order valence-corrected chi connectivity index (χ0v) is 10.4. The third-order valence-corrected chi connectivity index (χ3v) is 3.32. The number of carboxylic acid groups (broad SMARTS) is 1. The number of carboxylic acids is 1. The van der Waals surface area contributed by atoms with Gasteiger partial charge in [-0.15, -0.1) is 0 Å². The fraction of sp³-hybridized carbons (Fsp3) is 0.231. The van der Waals surface area contributed by atoms with Crippen LogP contribution in [0.1, 0.15) is 29.4 Å². The van der Waals surface area contributed by atoms with Crippen molar-refractivity contribution in [3.8, 4) is 0 Å². The van der Waals surface area contributed by atoms with Gasteiger partial charge in [0.25, 0.3) is 5.91 Å². The summed E-state index contributed by atoms with van der Waals surface area (Å²) in [5.74, 6) is -1.92. The highest BCUT2D eigenvalue weighted by atomic mass is 16.4. The van der Waals surface area contributed by atoms with Gasteiger partial charge in [-0.25, -0.2) is 4.79 Å². The van der Waals surface area contributed by atoms with E-state index in [0.29, 0.717) is 17.3 Å². The van der Waals surface area contributed by atoms with Crippen LogP contribution in [0.4, 0.5) is 0 Å². The quantitative estimate of drug-likeness (QED) is 0.785. The van der Waals surface area contributed by atoms with Gasteiger partial charge in [0, 0.05) is 11.8 Å². The molecule has 1 atom stereocenters. The minimum absolute atomic E-state index is 0.0923. The van der Waals surface area contributed by atoms with E-state index in [1.165, 1.54) is 4.68 Å². The number of amides is 2. The van der Waals surface area contributed by atoms with E-state index in [0.717, 1.165) is 0 Å². The van der Waals surface area contributed by atoms with Crippen molar-refractivity contribution in [2.75, 3.05) is 0 Å². The van der Waals surface area contributed by atoms with E-state index < -0.39 is 17.9 Å². The monoisotopic (exact) mass is 273 g/mol. The normalized spacial score (nSPS) is 19.1. The topological polar surface area (TPSA) is 101 Å². The third kappa shape index (κ3) is 1.83. The fourth-order valence-electron chi connectivity index (χ4n) is 2.40. The van der Waals surface area contributed by atoms with E-state index in [-0.39, 0.29) is 18.0 Å². The molecule has 7 nitrogen and oxygen atoms in total. The maximum absolute atomic E-state index is 11.9. The Hall–Kier alpha value is -2.70. The molecule has 1 saturated heterocycles. The van der Waals surface area contributed by atoms with Crippen LogP contribution in [0, 0.1) is 0 Å². The molecule has 102 valence electrons. The second kappa shape index (κ2) is 4.44. The first kappa shape index (κ1) is 12.3. The summed E-state index contributed by atoms with van der Waals surface area (Å²) in [6.07, 6.45) is 0.530. The summed E-state index contributed by atoms with van der Waals surface area (Å²) in [7, 11) is 0. The number of fused-ring (bicyclic) bond motifs is 1. The number of nitrogens with zero attached hydrogens (tertiary/aromatic N) is 2. The summed E-state index contributed by atoms with van der Waals surface area (Å²) in [5, 5.41) is 15.9. The average Bonchev–Trinajstić information content (AvgIpc) is 2.78. The van der Waals surface area contributed by atoms with Crippen molar-refractivity contribution in [2.45, 2.75) is 18.9 Å². The predicted molar refractivity (Wildman–Crippen MR) is 68.1 cm³/mol. The Bertz CT molecular complexity index is 734. The number of para-hydroxylation sites is 1. The molecule has 0 bridgehead atoms. The number of hydrogen-bond acceptors (Lipinski definition) is 4. The lowest BCUT2D eigenvalue weighted by Crippen LogP contribution is -2.42. The second-order valence-corrected chi connectivity index (χ2v) is 4.58. The van der Waals surface area contributed by atoms with Crippen LogP contribution in [0.5, 0.6) is 0 Å². The molecule has 0 spiro atoms. The molecule has 1 aliphatic rings. The number of aromatic carboxylic acids is 1. The molecule has 20 heavy (non-hydrogen) atoms. The van der Waals surface area contributed by atoms with Gasteiger partial charge < -0.3 is 5.11 Å². The summed E-state index contributed by atoms with van der Waals surface area (Å²) in [5.41, 5.74) is 0.477. The summed E-state index contributed by atoms with van der Waals surface area (Å²) in [6, 6.07) is 6.15. The van der Waals surface area contributed by atoms with Crippen LogP contribution < -0.4 is 5.32 Å². The summed E-state index contributed by atoms with van der Waals surface area (Å²) >= 11 is 0. The molecular formula is C13H11N3O4. The smallest absolute Gasteiger partial charge is 0.357 e. The van der Waals surface area contributed by atoms with Gasteiger partial charge in [-0.3, -0.25) is 19.6 Å². The molecule has 7 heteroatoms. The van der Waals surface area contributed by atoms with Gasteiger partial charge in [-0.2, -0.15) is 5.10 Å². The first-order valence-electron chi connectivity index (χ1n) is 6.12. The van der Waals surface area contributed by atoms with Crippen LogP contribution in [0.3, 0.4) is 0 Å². The third-order valence-electron chi connectivity index (χ3n) is 3.32. The highest BCUT2D eigenvalue weighted by molar-refractivity contribution is 6.03. The van der Waals surface area contributed by atoms with E-state index in [2.05, 4.69) is 10.4 Å². The van der Waals surface area contributed by atoms with E-state index >= 15 is 0 Å². The number of carbonyl (C=O) groups is 3. The minimum atomic E-state index is -1.15. The Morgan fingerprint density at radius 2 is 2.10 bits per heavy atom. The van der Waals surface area contributed by atoms with Crippen LogP contribution in [0.25, 0.3) is 10.9 Å². The average molecular weight is 273 g/mol. The largest absolute Gasteiger partial charge is 0.476 e. The fourth-order valence-corrected chi connectivity index (χ4v) is 2.40. The number of benzene rings is 1. The molecule has 3 rings (SSSR count). The highest BCUT2D eigenvalue weighted by Gasteiger charge is 2.31. The summed E-state index contributed by atoms with van der Waals surface area (Å²) in [4.78, 5) is 34.3. The Morgan fingerprint density at radius 3 is 2.80 bits per heavy atom. The number of rotatable bonds is 2. The molecule has 0 saturated carbocycles. The summed E-state index contributed by atoms with van der Waals surface area (Å²) < 4.78 is 1.39. The Morgan fingerprint density at radius 1 is 1.35 bits per heavy atom. The van der Waals surface area contributed by atoms with Gasteiger partial charge in [0.15, 0.2) is 5.69 Å². The van der Waals surface area contributed by atoms with Crippen molar-refractivity contribution in [1.29, 1.82) is 0 Å². The van der Waals surface area contributed by atoms with Crippen molar-refractivity contribution in [3.05, 3.63) is 30.0 Å². The van der Waals surface area contributed by atoms with Crippen molar-refractivity contribution in [2.24, 2.45) is 0 Å². The van der Waals surface area contributed by atoms with Gasteiger partial charge in [-0.1, -0.05) is 18.2 Å². The first-order valence-corrected chi connectivity index (χ1v) is 6.12. The maximum Gasteiger partial charge on any atom is 0.357 e. The highest BCUT2D eigenvalue weighted by Crippen LogP contribution is 2.26. The van der Waals surface area contributed by atoms with Gasteiger partial charge in [0.05, 0.1) is 5.52 Å².